The Morgan fingerprint density at radius 2 is 2.05 bits per heavy atom. The van der Waals surface area contributed by atoms with Gasteiger partial charge >= 0.3 is 0 Å². The van der Waals surface area contributed by atoms with E-state index < -0.39 is 0 Å². The van der Waals surface area contributed by atoms with Crippen molar-refractivity contribution in [2.45, 2.75) is 52.0 Å². The summed E-state index contributed by atoms with van der Waals surface area (Å²) in [7, 11) is 0. The lowest BCUT2D eigenvalue weighted by Gasteiger charge is -2.32. The molecule has 0 amide bonds. The molecule has 1 saturated carbocycles. The second-order valence-corrected chi connectivity index (χ2v) is 5.71. The molecule has 1 aliphatic carbocycles. The second-order valence-electron chi connectivity index (χ2n) is 5.28. The van der Waals surface area contributed by atoms with E-state index in [-0.39, 0.29) is 0 Å². The molecule has 2 nitrogen and oxygen atoms in total. The largest absolute Gasteiger partial charge is 0.492 e. The van der Waals surface area contributed by atoms with Crippen LogP contribution in [0, 0.1) is 5.92 Å². The Morgan fingerprint density at radius 1 is 1.26 bits per heavy atom. The minimum Gasteiger partial charge on any atom is -0.492 e. The maximum atomic E-state index is 6.11. The lowest BCUT2D eigenvalue weighted by atomic mass is 9.83. The first-order chi connectivity index (χ1) is 9.24. The molecule has 0 heterocycles. The number of anilines is 1. The molecule has 2 rings (SSSR count). The average Bonchev–Trinajstić information content (AvgIpc) is 2.42. The van der Waals surface area contributed by atoms with E-state index >= 15 is 0 Å². The summed E-state index contributed by atoms with van der Waals surface area (Å²) in [5.74, 6) is 1.68. The second kappa shape index (κ2) is 7.04. The standard InChI is InChI=1S/C16H24ClNO/c1-3-12-7-5-6-8-14(12)18-15-11-13(17)9-10-16(15)19-4-2/h9-12,14,18H,3-8H2,1-2H3. The minimum atomic E-state index is 0.552. The number of rotatable bonds is 5. The average molecular weight is 282 g/mol. The molecule has 1 aromatic carbocycles. The molecule has 1 fully saturated rings. The molecular weight excluding hydrogens is 258 g/mol. The monoisotopic (exact) mass is 281 g/mol. The van der Waals surface area contributed by atoms with E-state index in [1.807, 2.05) is 25.1 Å². The fourth-order valence-electron chi connectivity index (χ4n) is 2.98. The normalized spacial score (nSPS) is 23.1. The quantitative estimate of drug-likeness (QED) is 0.809. The van der Waals surface area contributed by atoms with Crippen LogP contribution in [0.15, 0.2) is 18.2 Å². The first kappa shape index (κ1) is 14.5. The molecule has 19 heavy (non-hydrogen) atoms. The molecule has 0 aliphatic heterocycles. The highest BCUT2D eigenvalue weighted by atomic mass is 35.5. The maximum Gasteiger partial charge on any atom is 0.142 e. The molecule has 1 aliphatic rings. The van der Waals surface area contributed by atoms with Gasteiger partial charge < -0.3 is 10.1 Å². The molecule has 0 radical (unpaired) electrons. The highest BCUT2D eigenvalue weighted by Crippen LogP contribution is 2.34. The van der Waals surface area contributed by atoms with Gasteiger partial charge in [0.2, 0.25) is 0 Å². The van der Waals surface area contributed by atoms with Gasteiger partial charge in [0.1, 0.15) is 5.75 Å². The van der Waals surface area contributed by atoms with Crippen LogP contribution >= 0.6 is 11.6 Å². The van der Waals surface area contributed by atoms with E-state index in [0.29, 0.717) is 12.6 Å². The van der Waals surface area contributed by atoms with Crippen molar-refractivity contribution in [2.24, 2.45) is 5.92 Å². The maximum absolute atomic E-state index is 6.11. The van der Waals surface area contributed by atoms with Crippen molar-refractivity contribution in [3.63, 3.8) is 0 Å². The van der Waals surface area contributed by atoms with E-state index in [1.165, 1.54) is 32.1 Å². The SMILES string of the molecule is CCOc1ccc(Cl)cc1NC1CCCCC1CC. The summed E-state index contributed by atoms with van der Waals surface area (Å²) in [5, 5.41) is 4.43. The molecule has 106 valence electrons. The number of hydrogen-bond donors (Lipinski definition) is 1. The van der Waals surface area contributed by atoms with Crippen molar-refractivity contribution in [2.75, 3.05) is 11.9 Å². The Balaban J connectivity index is 2.14. The molecule has 3 heteroatoms. The molecular formula is C16H24ClNO. The fraction of sp³-hybridized carbons (Fsp3) is 0.625. The fourth-order valence-corrected chi connectivity index (χ4v) is 3.15. The lowest BCUT2D eigenvalue weighted by molar-refractivity contribution is 0.313. The third-order valence-electron chi connectivity index (χ3n) is 4.02. The van der Waals surface area contributed by atoms with Crippen LogP contribution in [0.1, 0.15) is 46.0 Å². The van der Waals surface area contributed by atoms with Crippen LogP contribution in [-0.2, 0) is 0 Å². The zero-order valence-electron chi connectivity index (χ0n) is 11.9. The van der Waals surface area contributed by atoms with Gasteiger partial charge in [-0.25, -0.2) is 0 Å². The van der Waals surface area contributed by atoms with Gasteiger partial charge in [-0.3, -0.25) is 0 Å². The third kappa shape index (κ3) is 3.79. The first-order valence-electron chi connectivity index (χ1n) is 7.43. The molecule has 0 saturated heterocycles. The van der Waals surface area contributed by atoms with Crippen molar-refractivity contribution in [3.8, 4) is 5.75 Å². The topological polar surface area (TPSA) is 21.3 Å². The number of halogens is 1. The van der Waals surface area contributed by atoms with Gasteiger partial charge in [-0.15, -0.1) is 0 Å². The Morgan fingerprint density at radius 3 is 2.79 bits per heavy atom. The van der Waals surface area contributed by atoms with Crippen LogP contribution in [0.2, 0.25) is 5.02 Å². The molecule has 0 aromatic heterocycles. The number of hydrogen-bond acceptors (Lipinski definition) is 2. The number of benzene rings is 1. The van der Waals surface area contributed by atoms with Gasteiger partial charge in [0, 0.05) is 11.1 Å². The first-order valence-corrected chi connectivity index (χ1v) is 7.81. The van der Waals surface area contributed by atoms with E-state index in [4.69, 9.17) is 16.3 Å². The summed E-state index contributed by atoms with van der Waals surface area (Å²) in [6.07, 6.45) is 6.50. The van der Waals surface area contributed by atoms with E-state index in [0.717, 1.165) is 22.4 Å². The molecule has 0 spiro atoms. The van der Waals surface area contributed by atoms with E-state index in [9.17, 15) is 0 Å². The van der Waals surface area contributed by atoms with Crippen LogP contribution in [0.3, 0.4) is 0 Å². The van der Waals surface area contributed by atoms with Crippen LogP contribution < -0.4 is 10.1 Å². The van der Waals surface area contributed by atoms with Crippen LogP contribution in [0.25, 0.3) is 0 Å². The van der Waals surface area contributed by atoms with Crippen LogP contribution in [0.5, 0.6) is 5.75 Å². The summed E-state index contributed by atoms with van der Waals surface area (Å²) < 4.78 is 5.68. The molecule has 2 unspecified atom stereocenters. The van der Waals surface area contributed by atoms with E-state index in [1.54, 1.807) is 0 Å². The zero-order valence-corrected chi connectivity index (χ0v) is 12.7. The summed E-state index contributed by atoms with van der Waals surface area (Å²) in [6, 6.07) is 6.37. The van der Waals surface area contributed by atoms with Crippen LogP contribution in [0.4, 0.5) is 5.69 Å². The molecule has 1 N–H and O–H groups in total. The van der Waals surface area contributed by atoms with Crippen molar-refractivity contribution in [1.82, 2.24) is 0 Å². The minimum absolute atomic E-state index is 0.552. The molecule has 2 atom stereocenters. The smallest absolute Gasteiger partial charge is 0.142 e. The van der Waals surface area contributed by atoms with Crippen molar-refractivity contribution < 1.29 is 4.74 Å². The van der Waals surface area contributed by atoms with Gasteiger partial charge in [-0.2, -0.15) is 0 Å². The Bertz CT molecular complexity index is 408. The van der Waals surface area contributed by atoms with Crippen molar-refractivity contribution in [1.29, 1.82) is 0 Å². The van der Waals surface area contributed by atoms with Crippen molar-refractivity contribution >= 4 is 17.3 Å². The van der Waals surface area contributed by atoms with Gasteiger partial charge in [0.05, 0.1) is 12.3 Å². The predicted molar refractivity (Wildman–Crippen MR) is 82.3 cm³/mol. The third-order valence-corrected chi connectivity index (χ3v) is 4.25. The lowest BCUT2D eigenvalue weighted by Crippen LogP contribution is -2.31. The zero-order chi connectivity index (χ0) is 13.7. The predicted octanol–water partition coefficient (Wildman–Crippen LogP) is 5.12. The van der Waals surface area contributed by atoms with Gasteiger partial charge in [-0.05, 0) is 43.9 Å². The van der Waals surface area contributed by atoms with Crippen LogP contribution in [-0.4, -0.2) is 12.6 Å². The van der Waals surface area contributed by atoms with Crippen molar-refractivity contribution in [3.05, 3.63) is 23.2 Å². The molecule has 0 bridgehead atoms. The summed E-state index contributed by atoms with van der Waals surface area (Å²) in [4.78, 5) is 0. The summed E-state index contributed by atoms with van der Waals surface area (Å²) in [6.45, 7) is 4.97. The molecule has 1 aromatic rings. The van der Waals surface area contributed by atoms with Gasteiger partial charge in [-0.1, -0.05) is 37.8 Å². The van der Waals surface area contributed by atoms with Gasteiger partial charge in [0.25, 0.3) is 0 Å². The Labute approximate surface area is 121 Å². The highest BCUT2D eigenvalue weighted by Gasteiger charge is 2.24. The summed E-state index contributed by atoms with van der Waals surface area (Å²) >= 11 is 6.11. The number of ether oxygens (including phenoxy) is 1. The Kier molecular flexibility index (Phi) is 5.38. The summed E-state index contributed by atoms with van der Waals surface area (Å²) in [5.41, 5.74) is 1.04. The van der Waals surface area contributed by atoms with Gasteiger partial charge in [0.15, 0.2) is 0 Å². The number of nitrogens with one attached hydrogen (secondary N) is 1. The van der Waals surface area contributed by atoms with E-state index in [2.05, 4.69) is 12.2 Å². The highest BCUT2D eigenvalue weighted by molar-refractivity contribution is 6.30. The Hall–Kier alpha value is -0.890.